The van der Waals surface area contributed by atoms with E-state index >= 15 is 0 Å². The Kier molecular flexibility index (Phi) is 2.41. The zero-order chi connectivity index (χ0) is 13.4. The van der Waals surface area contributed by atoms with E-state index in [4.69, 9.17) is 5.73 Å². The van der Waals surface area contributed by atoms with Crippen molar-refractivity contribution in [3.8, 4) is 0 Å². The number of hydrogen-bond acceptors (Lipinski definition) is 1. The molecular weight excluding hydrogens is 218 g/mol. The molecule has 0 aromatic carbocycles. The minimum atomic E-state index is 0.00482. The molecule has 0 heterocycles. The second kappa shape index (κ2) is 3.34. The van der Waals surface area contributed by atoms with E-state index in [9.17, 15) is 0 Å². The van der Waals surface area contributed by atoms with Crippen LogP contribution in [-0.2, 0) is 0 Å². The molecule has 4 aliphatic rings. The molecule has 4 bridgehead atoms. The lowest BCUT2D eigenvalue weighted by Gasteiger charge is -2.68. The summed E-state index contributed by atoms with van der Waals surface area (Å²) in [6, 6.07) is 0. The van der Waals surface area contributed by atoms with Crippen molar-refractivity contribution < 1.29 is 0 Å². The lowest BCUT2D eigenvalue weighted by atomic mass is 9.37. The first-order valence-corrected chi connectivity index (χ1v) is 7.82. The molecule has 2 N–H and O–H groups in total. The molecule has 0 radical (unpaired) electrons. The van der Waals surface area contributed by atoms with E-state index in [1.807, 2.05) is 0 Å². The van der Waals surface area contributed by atoms with Gasteiger partial charge in [0.2, 0.25) is 0 Å². The monoisotopic (exact) mass is 249 g/mol. The van der Waals surface area contributed by atoms with Crippen LogP contribution >= 0.6 is 0 Å². The third kappa shape index (κ3) is 1.94. The Bertz CT molecular complexity index is 346. The maximum atomic E-state index is 6.34. The number of rotatable bonds is 2. The Morgan fingerprint density at radius 2 is 1.50 bits per heavy atom. The maximum absolute atomic E-state index is 6.34. The lowest BCUT2D eigenvalue weighted by Crippen LogP contribution is -2.60. The Hall–Kier alpha value is -0.0400. The molecular formula is C17H31N. The molecule has 3 atom stereocenters. The summed E-state index contributed by atoms with van der Waals surface area (Å²) in [6.45, 7) is 12.1. The summed E-state index contributed by atoms with van der Waals surface area (Å²) in [5.41, 5.74) is 8.19. The summed E-state index contributed by atoms with van der Waals surface area (Å²) in [6.07, 6.45) is 8.54. The largest absolute Gasteiger partial charge is 0.326 e. The quantitative estimate of drug-likeness (QED) is 0.773. The molecule has 104 valence electrons. The van der Waals surface area contributed by atoms with Crippen LogP contribution in [0.25, 0.3) is 0 Å². The van der Waals surface area contributed by atoms with E-state index in [0.29, 0.717) is 16.2 Å². The topological polar surface area (TPSA) is 26.0 Å². The van der Waals surface area contributed by atoms with Crippen LogP contribution in [0.4, 0.5) is 0 Å². The number of nitrogens with two attached hydrogens (primary N) is 1. The molecule has 1 nitrogen and oxygen atoms in total. The fourth-order valence-corrected chi connectivity index (χ4v) is 6.89. The zero-order valence-electron chi connectivity index (χ0n) is 13.0. The van der Waals surface area contributed by atoms with Crippen LogP contribution in [0.15, 0.2) is 0 Å². The molecule has 18 heavy (non-hydrogen) atoms. The van der Waals surface area contributed by atoms with E-state index in [-0.39, 0.29) is 5.54 Å². The van der Waals surface area contributed by atoms with Crippen molar-refractivity contribution in [2.75, 3.05) is 0 Å². The van der Waals surface area contributed by atoms with Crippen LogP contribution in [0.3, 0.4) is 0 Å². The van der Waals surface area contributed by atoms with Gasteiger partial charge in [0.05, 0.1) is 0 Å². The fraction of sp³-hybridized carbons (Fsp3) is 1.00. The van der Waals surface area contributed by atoms with Crippen LogP contribution in [0.2, 0.25) is 0 Å². The third-order valence-corrected chi connectivity index (χ3v) is 6.23. The summed E-state index contributed by atoms with van der Waals surface area (Å²) in [5.74, 6) is 1.82. The minimum absolute atomic E-state index is 0.00482. The summed E-state index contributed by atoms with van der Waals surface area (Å²) in [4.78, 5) is 0. The molecule has 1 heteroatoms. The first-order chi connectivity index (χ1) is 8.03. The first-order valence-electron chi connectivity index (χ1n) is 7.82. The van der Waals surface area contributed by atoms with Crippen molar-refractivity contribution in [3.63, 3.8) is 0 Å². The molecule has 4 saturated carbocycles. The van der Waals surface area contributed by atoms with Gasteiger partial charge in [0, 0.05) is 5.54 Å². The van der Waals surface area contributed by atoms with E-state index in [1.165, 1.54) is 38.5 Å². The Balaban J connectivity index is 1.92. The lowest BCUT2D eigenvalue weighted by molar-refractivity contribution is -0.182. The van der Waals surface area contributed by atoms with Crippen LogP contribution in [-0.4, -0.2) is 5.54 Å². The normalized spacial score (nSPS) is 55.0. The van der Waals surface area contributed by atoms with Gasteiger partial charge in [-0.05, 0) is 80.5 Å². The molecule has 0 spiro atoms. The standard InChI is InChI=1S/C17H31N/c1-14(2,18)8-13-12-6-15(3)9-16(4,7-12)11-17(13,5)10-15/h12-13H,6-11,18H2,1-5H3. The van der Waals surface area contributed by atoms with Crippen molar-refractivity contribution in [2.24, 2.45) is 33.8 Å². The molecule has 4 fully saturated rings. The second-order valence-corrected chi connectivity index (χ2v) is 9.77. The highest BCUT2D eigenvalue weighted by Gasteiger charge is 2.62. The molecule has 4 rings (SSSR count). The van der Waals surface area contributed by atoms with Gasteiger partial charge >= 0.3 is 0 Å². The third-order valence-electron chi connectivity index (χ3n) is 6.23. The molecule has 0 saturated heterocycles. The SMILES string of the molecule is CC(C)(N)CC1C2CC3(C)CC(C)(C2)CC1(C)C3. The van der Waals surface area contributed by atoms with Gasteiger partial charge in [0.1, 0.15) is 0 Å². The van der Waals surface area contributed by atoms with Gasteiger partial charge in [0.15, 0.2) is 0 Å². The average Bonchev–Trinajstić information content (AvgIpc) is 2.04. The summed E-state index contributed by atoms with van der Waals surface area (Å²) >= 11 is 0. The predicted octanol–water partition coefficient (Wildman–Crippen LogP) is 4.36. The van der Waals surface area contributed by atoms with Gasteiger partial charge in [-0.3, -0.25) is 0 Å². The summed E-state index contributed by atoms with van der Waals surface area (Å²) < 4.78 is 0. The van der Waals surface area contributed by atoms with Crippen LogP contribution in [0, 0.1) is 28.1 Å². The Labute approximate surface area is 113 Å². The van der Waals surface area contributed by atoms with E-state index in [1.54, 1.807) is 0 Å². The van der Waals surface area contributed by atoms with Gasteiger partial charge in [-0.1, -0.05) is 20.8 Å². The van der Waals surface area contributed by atoms with Gasteiger partial charge in [0.25, 0.3) is 0 Å². The van der Waals surface area contributed by atoms with Crippen molar-refractivity contribution in [2.45, 2.75) is 78.7 Å². The highest BCUT2D eigenvalue weighted by atomic mass is 14.7. The van der Waals surface area contributed by atoms with E-state index in [2.05, 4.69) is 34.6 Å². The second-order valence-electron chi connectivity index (χ2n) is 9.77. The highest BCUT2D eigenvalue weighted by molar-refractivity contribution is 5.13. The van der Waals surface area contributed by atoms with Crippen molar-refractivity contribution in [3.05, 3.63) is 0 Å². The van der Waals surface area contributed by atoms with Gasteiger partial charge in [-0.25, -0.2) is 0 Å². The van der Waals surface area contributed by atoms with Crippen LogP contribution in [0.1, 0.15) is 73.1 Å². The molecule has 3 unspecified atom stereocenters. The zero-order valence-corrected chi connectivity index (χ0v) is 13.0. The van der Waals surface area contributed by atoms with E-state index in [0.717, 1.165) is 11.8 Å². The van der Waals surface area contributed by atoms with Crippen molar-refractivity contribution >= 4 is 0 Å². The van der Waals surface area contributed by atoms with Crippen molar-refractivity contribution in [1.29, 1.82) is 0 Å². The molecule has 4 aliphatic carbocycles. The average molecular weight is 249 g/mol. The minimum Gasteiger partial charge on any atom is -0.326 e. The first kappa shape index (κ1) is 13.0. The molecule has 0 aliphatic heterocycles. The van der Waals surface area contributed by atoms with E-state index < -0.39 is 0 Å². The van der Waals surface area contributed by atoms with Crippen molar-refractivity contribution in [1.82, 2.24) is 0 Å². The Morgan fingerprint density at radius 1 is 1.00 bits per heavy atom. The summed E-state index contributed by atoms with van der Waals surface area (Å²) in [5, 5.41) is 0. The Morgan fingerprint density at radius 3 is 1.89 bits per heavy atom. The smallest absolute Gasteiger partial charge is 0.00999 e. The van der Waals surface area contributed by atoms with Gasteiger partial charge in [-0.2, -0.15) is 0 Å². The number of hydrogen-bond donors (Lipinski definition) is 1. The van der Waals surface area contributed by atoms with Gasteiger partial charge in [-0.15, -0.1) is 0 Å². The fourth-order valence-electron chi connectivity index (χ4n) is 6.89. The molecule has 0 aromatic heterocycles. The van der Waals surface area contributed by atoms with Crippen LogP contribution < -0.4 is 5.73 Å². The highest BCUT2D eigenvalue weighted by Crippen LogP contribution is 2.72. The van der Waals surface area contributed by atoms with Crippen LogP contribution in [0.5, 0.6) is 0 Å². The predicted molar refractivity (Wildman–Crippen MR) is 77.3 cm³/mol. The molecule has 0 amide bonds. The van der Waals surface area contributed by atoms with Gasteiger partial charge < -0.3 is 5.73 Å². The molecule has 0 aromatic rings. The summed E-state index contributed by atoms with van der Waals surface area (Å²) in [7, 11) is 0. The maximum Gasteiger partial charge on any atom is 0.00999 e.